The van der Waals surface area contributed by atoms with Gasteiger partial charge in [0.05, 0.1) is 5.39 Å². The summed E-state index contributed by atoms with van der Waals surface area (Å²) in [6, 6.07) is 51.7. The second-order valence-electron chi connectivity index (χ2n) is 13.0. The van der Waals surface area contributed by atoms with E-state index in [-0.39, 0.29) is 0 Å². The first-order valence-corrected chi connectivity index (χ1v) is 17.2. The van der Waals surface area contributed by atoms with Gasteiger partial charge in [0.25, 0.3) is 0 Å². The van der Waals surface area contributed by atoms with Gasteiger partial charge in [0.1, 0.15) is 22.3 Å². The van der Waals surface area contributed by atoms with Crippen LogP contribution >= 0.6 is 0 Å². The molecule has 52 heavy (non-hydrogen) atoms. The molecule has 0 bridgehead atoms. The number of furan rings is 2. The largest absolute Gasteiger partial charge is 0.456 e. The second-order valence-corrected chi connectivity index (χ2v) is 13.0. The van der Waals surface area contributed by atoms with Gasteiger partial charge < -0.3 is 8.83 Å². The molecule has 0 atom stereocenters. The fraction of sp³-hybridized carbons (Fsp3) is 0. The molecule has 0 saturated carbocycles. The minimum absolute atomic E-state index is 0.588. The molecule has 4 heterocycles. The molecule has 0 N–H and O–H groups in total. The van der Waals surface area contributed by atoms with Crippen LogP contribution in [0, 0.1) is 0 Å². The van der Waals surface area contributed by atoms with Crippen molar-refractivity contribution in [3.8, 4) is 45.3 Å². The summed E-state index contributed by atoms with van der Waals surface area (Å²) in [7, 11) is 0. The van der Waals surface area contributed by atoms with Gasteiger partial charge in [0, 0.05) is 33.7 Å². The summed E-state index contributed by atoms with van der Waals surface area (Å²) in [4.78, 5) is 20.1. The minimum atomic E-state index is 0.588. The fourth-order valence-electron chi connectivity index (χ4n) is 7.57. The van der Waals surface area contributed by atoms with Crippen LogP contribution in [0.25, 0.3) is 111 Å². The Morgan fingerprint density at radius 3 is 1.87 bits per heavy atom. The maximum absolute atomic E-state index is 6.25. The quantitative estimate of drug-likeness (QED) is 0.186. The molecule has 0 radical (unpaired) electrons. The van der Waals surface area contributed by atoms with Crippen LogP contribution in [0.15, 0.2) is 167 Å². The van der Waals surface area contributed by atoms with Gasteiger partial charge >= 0.3 is 0 Å². The second kappa shape index (κ2) is 11.2. The van der Waals surface area contributed by atoms with Gasteiger partial charge in [0.15, 0.2) is 23.1 Å². The van der Waals surface area contributed by atoms with Crippen molar-refractivity contribution < 1.29 is 8.83 Å². The van der Waals surface area contributed by atoms with E-state index in [1.807, 2.05) is 60.8 Å². The highest BCUT2D eigenvalue weighted by Gasteiger charge is 2.19. The summed E-state index contributed by atoms with van der Waals surface area (Å²) >= 11 is 0. The van der Waals surface area contributed by atoms with Gasteiger partial charge in [-0.1, -0.05) is 109 Å². The van der Waals surface area contributed by atoms with Crippen molar-refractivity contribution in [2.24, 2.45) is 0 Å². The first kappa shape index (κ1) is 28.6. The van der Waals surface area contributed by atoms with Crippen molar-refractivity contribution in [2.45, 2.75) is 0 Å². The lowest BCUT2D eigenvalue weighted by Crippen LogP contribution is -2.00. The summed E-state index contributed by atoms with van der Waals surface area (Å²) < 4.78 is 12.4. The zero-order chi connectivity index (χ0) is 34.2. The summed E-state index contributed by atoms with van der Waals surface area (Å²) in [5.41, 5.74) is 8.98. The maximum Gasteiger partial charge on any atom is 0.164 e. The number of hydrogen-bond donors (Lipinski definition) is 0. The Bertz CT molecular complexity index is 3210. The molecule has 0 saturated heterocycles. The third kappa shape index (κ3) is 4.44. The SMILES string of the molecule is c1ccc2cc(-c3nc(-c4ccc5c(-c6cccc7oc8cccnc8c67)cccc5c4)nc(-c4cccc5oc6ccccc6c45)n3)ccc2c1. The molecule has 0 aliphatic heterocycles. The van der Waals surface area contributed by atoms with Crippen LogP contribution in [0.1, 0.15) is 0 Å². The number of fused-ring (bicyclic) bond motifs is 8. The molecule has 0 aliphatic rings. The lowest BCUT2D eigenvalue weighted by atomic mass is 9.94. The van der Waals surface area contributed by atoms with Gasteiger partial charge in [-0.05, 0) is 75.1 Å². The molecule has 0 aliphatic carbocycles. The van der Waals surface area contributed by atoms with Gasteiger partial charge in [0.2, 0.25) is 0 Å². The van der Waals surface area contributed by atoms with E-state index in [4.69, 9.17) is 23.8 Å². The number of nitrogens with zero attached hydrogens (tertiary/aromatic N) is 4. The Labute approximate surface area is 296 Å². The number of rotatable bonds is 4. The Balaban J connectivity index is 1.12. The lowest BCUT2D eigenvalue weighted by Gasteiger charge is -2.12. The number of hydrogen-bond acceptors (Lipinski definition) is 6. The normalized spacial score (nSPS) is 11.8. The van der Waals surface area contributed by atoms with E-state index in [1.165, 1.54) is 0 Å². The molecule has 0 spiro atoms. The van der Waals surface area contributed by atoms with Crippen LogP contribution in [0.5, 0.6) is 0 Å². The van der Waals surface area contributed by atoms with Crippen LogP contribution in [0.4, 0.5) is 0 Å². The molecule has 6 nitrogen and oxygen atoms in total. The van der Waals surface area contributed by atoms with Crippen molar-refractivity contribution >= 4 is 65.6 Å². The summed E-state index contributed by atoms with van der Waals surface area (Å²) in [5.74, 6) is 1.79. The van der Waals surface area contributed by atoms with Crippen molar-refractivity contribution in [3.63, 3.8) is 0 Å². The monoisotopic (exact) mass is 666 g/mol. The average Bonchev–Trinajstić information content (AvgIpc) is 3.79. The molecule has 11 rings (SSSR count). The first-order valence-electron chi connectivity index (χ1n) is 17.2. The topological polar surface area (TPSA) is 77.8 Å². The van der Waals surface area contributed by atoms with E-state index in [2.05, 4.69) is 102 Å². The van der Waals surface area contributed by atoms with E-state index in [0.717, 1.165) is 93.4 Å². The first-order chi connectivity index (χ1) is 25.7. The van der Waals surface area contributed by atoms with E-state index >= 15 is 0 Å². The highest BCUT2D eigenvalue weighted by molar-refractivity contribution is 6.14. The van der Waals surface area contributed by atoms with E-state index < -0.39 is 0 Å². The van der Waals surface area contributed by atoms with E-state index in [9.17, 15) is 0 Å². The van der Waals surface area contributed by atoms with Gasteiger partial charge in [-0.25, -0.2) is 15.0 Å². The molecule has 0 fully saturated rings. The third-order valence-corrected chi connectivity index (χ3v) is 9.97. The van der Waals surface area contributed by atoms with Gasteiger partial charge in [-0.2, -0.15) is 0 Å². The van der Waals surface area contributed by atoms with Crippen LogP contribution in [-0.2, 0) is 0 Å². The smallest absolute Gasteiger partial charge is 0.164 e. The zero-order valence-electron chi connectivity index (χ0n) is 27.6. The summed E-state index contributed by atoms with van der Waals surface area (Å²) in [5, 5.41) is 7.50. The summed E-state index contributed by atoms with van der Waals surface area (Å²) in [6.07, 6.45) is 1.81. The molecule has 0 unspecified atom stereocenters. The zero-order valence-corrected chi connectivity index (χ0v) is 27.6. The standard InChI is InChI=1S/C46H26N4O2/c1-2-10-28-25-30(21-20-27(28)9-1)44-48-45(50-46(49-44)36-15-7-17-38-41(36)35-12-3-4-16-37(35)51-38)31-22-23-32-29(26-31)11-5-13-33(32)34-14-6-18-39-42(34)43-40(52-39)19-8-24-47-43/h1-26H. The molecular formula is C46H26N4O2. The van der Waals surface area contributed by atoms with Crippen molar-refractivity contribution in [3.05, 3.63) is 158 Å². The van der Waals surface area contributed by atoms with E-state index in [1.54, 1.807) is 0 Å². The maximum atomic E-state index is 6.25. The third-order valence-electron chi connectivity index (χ3n) is 9.97. The van der Waals surface area contributed by atoms with E-state index in [0.29, 0.717) is 17.5 Å². The Hall–Kier alpha value is -7.18. The predicted octanol–water partition coefficient (Wildman–Crippen LogP) is 12.0. The van der Waals surface area contributed by atoms with Gasteiger partial charge in [-0.15, -0.1) is 0 Å². The van der Waals surface area contributed by atoms with Crippen molar-refractivity contribution in [2.75, 3.05) is 0 Å². The Morgan fingerprint density at radius 2 is 0.981 bits per heavy atom. The number of pyridine rings is 1. The highest BCUT2D eigenvalue weighted by Crippen LogP contribution is 2.40. The molecular weight excluding hydrogens is 641 g/mol. The number of para-hydroxylation sites is 1. The molecule has 7 aromatic carbocycles. The molecule has 242 valence electrons. The molecule has 11 aromatic rings. The average molecular weight is 667 g/mol. The highest BCUT2D eigenvalue weighted by atomic mass is 16.3. The fourth-order valence-corrected chi connectivity index (χ4v) is 7.57. The minimum Gasteiger partial charge on any atom is -0.456 e. The van der Waals surface area contributed by atoms with Crippen LogP contribution in [0.3, 0.4) is 0 Å². The van der Waals surface area contributed by atoms with Gasteiger partial charge in [-0.3, -0.25) is 4.98 Å². The summed E-state index contributed by atoms with van der Waals surface area (Å²) in [6.45, 7) is 0. The Kier molecular flexibility index (Phi) is 6.15. The molecule has 4 aromatic heterocycles. The van der Waals surface area contributed by atoms with Crippen LogP contribution in [-0.4, -0.2) is 19.9 Å². The van der Waals surface area contributed by atoms with Crippen LogP contribution in [0.2, 0.25) is 0 Å². The predicted molar refractivity (Wildman–Crippen MR) is 209 cm³/mol. The van der Waals surface area contributed by atoms with Crippen molar-refractivity contribution in [1.82, 2.24) is 19.9 Å². The molecule has 6 heteroatoms. The number of benzene rings is 7. The lowest BCUT2D eigenvalue weighted by molar-refractivity contribution is 0.668. The Morgan fingerprint density at radius 1 is 0.365 bits per heavy atom. The van der Waals surface area contributed by atoms with Crippen LogP contribution < -0.4 is 0 Å². The number of aromatic nitrogens is 4. The molecule has 0 amide bonds. The van der Waals surface area contributed by atoms with Crippen molar-refractivity contribution in [1.29, 1.82) is 0 Å².